The van der Waals surface area contributed by atoms with Gasteiger partial charge in [0.05, 0.1) is 30.3 Å². The van der Waals surface area contributed by atoms with E-state index in [4.69, 9.17) is 4.74 Å². The molecule has 124 valence electrons. The molecule has 1 N–H and O–H groups in total. The largest absolute Gasteiger partial charge is 0.473 e. The zero-order valence-corrected chi connectivity index (χ0v) is 14.3. The van der Waals surface area contributed by atoms with Gasteiger partial charge in [0.1, 0.15) is 10.7 Å². The van der Waals surface area contributed by atoms with Crippen LogP contribution in [-0.2, 0) is 6.54 Å². The van der Waals surface area contributed by atoms with Gasteiger partial charge in [0.2, 0.25) is 0 Å². The van der Waals surface area contributed by atoms with Crippen molar-refractivity contribution in [3.63, 3.8) is 0 Å². The van der Waals surface area contributed by atoms with Gasteiger partial charge >= 0.3 is 0 Å². The lowest BCUT2D eigenvalue weighted by molar-refractivity contribution is 0.0785. The Morgan fingerprint density at radius 1 is 1.33 bits per heavy atom. The first-order valence-electron chi connectivity index (χ1n) is 7.24. The molecule has 24 heavy (non-hydrogen) atoms. The molecule has 0 bridgehead atoms. The van der Waals surface area contributed by atoms with E-state index < -0.39 is 0 Å². The van der Waals surface area contributed by atoms with Crippen LogP contribution in [-0.4, -0.2) is 39.9 Å². The van der Waals surface area contributed by atoms with Crippen LogP contribution in [0.2, 0.25) is 0 Å². The van der Waals surface area contributed by atoms with Gasteiger partial charge in [-0.2, -0.15) is 0 Å². The van der Waals surface area contributed by atoms with Crippen LogP contribution >= 0.6 is 11.3 Å². The molecule has 0 radical (unpaired) electrons. The maximum atomic E-state index is 12.6. The number of carbonyl (C=O) groups excluding carboxylic acids is 1. The molecular weight excluding hydrogens is 328 g/mol. The number of fused-ring (bicyclic) bond motifs is 1. The normalized spacial score (nSPS) is 10.8. The number of aryl methyl sites for hydroxylation is 1. The first-order valence-corrected chi connectivity index (χ1v) is 8.06. The van der Waals surface area contributed by atoms with Crippen LogP contribution in [0.25, 0.3) is 10.9 Å². The lowest BCUT2D eigenvalue weighted by Gasteiger charge is -2.16. The van der Waals surface area contributed by atoms with Crippen molar-refractivity contribution in [1.82, 2.24) is 19.9 Å². The van der Waals surface area contributed by atoms with Gasteiger partial charge in [-0.3, -0.25) is 9.59 Å². The number of benzene rings is 1. The van der Waals surface area contributed by atoms with Crippen molar-refractivity contribution in [3.8, 4) is 5.19 Å². The number of rotatable bonds is 4. The number of hydrogen-bond acceptors (Lipinski definition) is 6. The van der Waals surface area contributed by atoms with Crippen LogP contribution in [0.5, 0.6) is 5.19 Å². The third-order valence-corrected chi connectivity index (χ3v) is 4.65. The summed E-state index contributed by atoms with van der Waals surface area (Å²) in [7, 11) is 3.17. The molecule has 0 aliphatic heterocycles. The van der Waals surface area contributed by atoms with Gasteiger partial charge in [-0.15, -0.1) is 0 Å². The summed E-state index contributed by atoms with van der Waals surface area (Å²) < 4.78 is 5.06. The highest BCUT2D eigenvalue weighted by Gasteiger charge is 2.20. The second-order valence-electron chi connectivity index (χ2n) is 5.29. The number of aromatic amines is 1. The summed E-state index contributed by atoms with van der Waals surface area (Å²) in [5, 5.41) is 0.972. The predicted octanol–water partition coefficient (Wildman–Crippen LogP) is 1.97. The minimum atomic E-state index is -0.216. The monoisotopic (exact) mass is 344 g/mol. The quantitative estimate of drug-likeness (QED) is 0.782. The molecule has 0 spiro atoms. The van der Waals surface area contributed by atoms with E-state index in [2.05, 4.69) is 15.0 Å². The summed E-state index contributed by atoms with van der Waals surface area (Å²) in [6.07, 6.45) is 0. The molecule has 3 rings (SSSR count). The number of hydrogen-bond donors (Lipinski definition) is 1. The topological polar surface area (TPSA) is 88.2 Å². The molecule has 1 aromatic carbocycles. The summed E-state index contributed by atoms with van der Waals surface area (Å²) in [5.74, 6) is 0.243. The van der Waals surface area contributed by atoms with Gasteiger partial charge in [-0.05, 0) is 19.1 Å². The minimum Gasteiger partial charge on any atom is -0.473 e. The fraction of sp³-hybridized carbons (Fsp3) is 0.250. The number of nitrogens with zero attached hydrogens (tertiary/aromatic N) is 3. The van der Waals surface area contributed by atoms with Crippen LogP contribution in [0.15, 0.2) is 29.1 Å². The van der Waals surface area contributed by atoms with Gasteiger partial charge < -0.3 is 14.6 Å². The molecule has 0 saturated carbocycles. The third kappa shape index (κ3) is 3.00. The SMILES string of the molecule is COc1nc(C)c(C(=O)N(C)Cc2nc3ccccc3c(=O)[nH]2)s1. The molecule has 2 heterocycles. The molecule has 0 aliphatic rings. The Morgan fingerprint density at radius 3 is 2.79 bits per heavy atom. The Hall–Kier alpha value is -2.74. The van der Waals surface area contributed by atoms with Gasteiger partial charge in [0.25, 0.3) is 16.7 Å². The summed E-state index contributed by atoms with van der Waals surface area (Å²) in [6, 6.07) is 7.09. The zero-order chi connectivity index (χ0) is 17.3. The summed E-state index contributed by atoms with van der Waals surface area (Å²) in [4.78, 5) is 38.0. The van der Waals surface area contributed by atoms with E-state index in [1.807, 2.05) is 6.07 Å². The molecular formula is C16H16N4O3S. The molecule has 1 amide bonds. The van der Waals surface area contributed by atoms with E-state index in [0.717, 1.165) is 0 Å². The van der Waals surface area contributed by atoms with Gasteiger partial charge in [0, 0.05) is 7.05 Å². The Bertz CT molecular complexity index is 963. The second kappa shape index (κ2) is 6.40. The fourth-order valence-electron chi connectivity index (χ4n) is 2.34. The highest BCUT2D eigenvalue weighted by atomic mass is 32.1. The zero-order valence-electron chi connectivity index (χ0n) is 13.5. The van der Waals surface area contributed by atoms with Crippen molar-refractivity contribution >= 4 is 28.1 Å². The van der Waals surface area contributed by atoms with E-state index >= 15 is 0 Å². The molecule has 3 aromatic rings. The first-order chi connectivity index (χ1) is 11.5. The van der Waals surface area contributed by atoms with E-state index in [1.165, 1.54) is 23.3 Å². The van der Waals surface area contributed by atoms with Crippen LogP contribution in [0, 0.1) is 6.92 Å². The van der Waals surface area contributed by atoms with Crippen molar-refractivity contribution < 1.29 is 9.53 Å². The number of thiazole rings is 1. The van der Waals surface area contributed by atoms with Gasteiger partial charge in [0.15, 0.2) is 0 Å². The minimum absolute atomic E-state index is 0.191. The van der Waals surface area contributed by atoms with Crippen LogP contribution in [0.4, 0.5) is 0 Å². The number of ether oxygens (including phenoxy) is 1. The number of nitrogens with one attached hydrogen (secondary N) is 1. The van der Waals surface area contributed by atoms with E-state index in [9.17, 15) is 9.59 Å². The average molecular weight is 344 g/mol. The molecule has 0 fully saturated rings. The number of methoxy groups -OCH3 is 1. The summed E-state index contributed by atoms with van der Waals surface area (Å²) >= 11 is 1.20. The molecule has 2 aromatic heterocycles. The highest BCUT2D eigenvalue weighted by Crippen LogP contribution is 2.25. The summed E-state index contributed by atoms with van der Waals surface area (Å²) in [5.41, 5.74) is 1.01. The third-order valence-electron chi connectivity index (χ3n) is 3.54. The van der Waals surface area contributed by atoms with Gasteiger partial charge in [-0.1, -0.05) is 23.5 Å². The number of amides is 1. The smallest absolute Gasteiger partial charge is 0.273 e. The van der Waals surface area contributed by atoms with E-state index in [0.29, 0.717) is 32.5 Å². The number of aromatic nitrogens is 3. The molecule has 7 nitrogen and oxygen atoms in total. The highest BCUT2D eigenvalue weighted by molar-refractivity contribution is 7.15. The summed E-state index contributed by atoms with van der Waals surface area (Å²) in [6.45, 7) is 1.95. The molecule has 0 atom stereocenters. The van der Waals surface area contributed by atoms with Gasteiger partial charge in [-0.25, -0.2) is 9.97 Å². The Morgan fingerprint density at radius 2 is 2.08 bits per heavy atom. The van der Waals surface area contributed by atoms with Crippen molar-refractivity contribution in [2.24, 2.45) is 0 Å². The maximum absolute atomic E-state index is 12.6. The Labute approximate surface area is 141 Å². The first kappa shape index (κ1) is 16.1. The number of H-pyrrole nitrogens is 1. The van der Waals surface area contributed by atoms with Crippen LogP contribution in [0.3, 0.4) is 0 Å². The molecule has 0 unspecified atom stereocenters. The number of carbonyl (C=O) groups is 1. The van der Waals surface area contributed by atoms with E-state index in [-0.39, 0.29) is 18.0 Å². The average Bonchev–Trinajstić information content (AvgIpc) is 2.95. The van der Waals surface area contributed by atoms with Crippen LogP contribution < -0.4 is 10.3 Å². The standard InChI is InChI=1S/C16H16N4O3S/c1-9-13(24-16(17-9)23-3)15(22)20(2)8-12-18-11-7-5-4-6-10(11)14(21)19-12/h4-7H,8H2,1-3H3,(H,18,19,21). The molecule has 0 aliphatic carbocycles. The van der Waals surface area contributed by atoms with Crippen molar-refractivity contribution in [1.29, 1.82) is 0 Å². The lowest BCUT2D eigenvalue weighted by atomic mass is 10.2. The Kier molecular flexibility index (Phi) is 4.30. The molecule has 0 saturated heterocycles. The lowest BCUT2D eigenvalue weighted by Crippen LogP contribution is -2.28. The Balaban J connectivity index is 1.86. The second-order valence-corrected chi connectivity index (χ2v) is 6.25. The molecule has 8 heteroatoms. The van der Waals surface area contributed by atoms with E-state index in [1.54, 1.807) is 32.2 Å². The van der Waals surface area contributed by atoms with Crippen molar-refractivity contribution in [2.45, 2.75) is 13.5 Å². The van der Waals surface area contributed by atoms with Crippen molar-refractivity contribution in [3.05, 3.63) is 51.0 Å². The maximum Gasteiger partial charge on any atom is 0.273 e. The predicted molar refractivity (Wildman–Crippen MR) is 91.6 cm³/mol. The van der Waals surface area contributed by atoms with Crippen molar-refractivity contribution in [2.75, 3.05) is 14.2 Å². The fourth-order valence-corrected chi connectivity index (χ4v) is 3.21. The number of para-hydroxylation sites is 1. The van der Waals surface area contributed by atoms with Crippen LogP contribution in [0.1, 0.15) is 21.2 Å².